The Kier molecular flexibility index (Phi) is 10.3. The molecule has 3 amide bonds. The number of ether oxygens (including phenoxy) is 1. The lowest BCUT2D eigenvalue weighted by molar-refractivity contribution is -0.136. The fraction of sp³-hybridized carbons (Fsp3) is 0.426. The Hall–Kier alpha value is -5.19. The topological polar surface area (TPSA) is 106 Å². The second kappa shape index (κ2) is 15.6. The van der Waals surface area contributed by atoms with Crippen LogP contribution in [0.4, 0.5) is 11.4 Å². The van der Waals surface area contributed by atoms with Crippen molar-refractivity contribution >= 4 is 29.1 Å². The van der Waals surface area contributed by atoms with Crippen molar-refractivity contribution in [2.24, 2.45) is 5.92 Å². The van der Waals surface area contributed by atoms with Crippen LogP contribution >= 0.6 is 0 Å². The molecular formula is C47H53N5O5. The highest BCUT2D eigenvalue weighted by Crippen LogP contribution is 2.47. The van der Waals surface area contributed by atoms with Crippen LogP contribution in [0.2, 0.25) is 0 Å². The number of fused-ring (bicyclic) bond motifs is 2. The molecule has 0 aromatic heterocycles. The molecule has 0 bridgehead atoms. The molecule has 4 aromatic carbocycles. The van der Waals surface area contributed by atoms with Crippen LogP contribution in [0.5, 0.6) is 5.75 Å². The number of imide groups is 1. The molecule has 0 spiro atoms. The Morgan fingerprint density at radius 2 is 1.51 bits per heavy atom. The van der Waals surface area contributed by atoms with Crippen LogP contribution in [0.1, 0.15) is 101 Å². The number of phenolic OH excluding ortho intramolecular Hbond substituents is 1. The molecule has 2 N–H and O–H groups in total. The second-order valence-corrected chi connectivity index (χ2v) is 16.9. The first-order valence-electron chi connectivity index (χ1n) is 20.8. The molecule has 57 heavy (non-hydrogen) atoms. The molecule has 9 rings (SSSR count). The van der Waals surface area contributed by atoms with E-state index in [1.54, 1.807) is 11.0 Å². The molecule has 5 aliphatic heterocycles. The highest BCUT2D eigenvalue weighted by Gasteiger charge is 2.40. The van der Waals surface area contributed by atoms with E-state index in [9.17, 15) is 19.5 Å². The summed E-state index contributed by atoms with van der Waals surface area (Å²) in [4.78, 5) is 46.5. The van der Waals surface area contributed by atoms with Crippen molar-refractivity contribution in [3.05, 3.63) is 124 Å². The third kappa shape index (κ3) is 7.41. The summed E-state index contributed by atoms with van der Waals surface area (Å²) in [6, 6.07) is 29.0. The van der Waals surface area contributed by atoms with E-state index in [1.807, 2.05) is 18.2 Å². The number of piperidine rings is 2. The number of rotatable bonds is 8. The van der Waals surface area contributed by atoms with Crippen molar-refractivity contribution in [1.82, 2.24) is 15.1 Å². The minimum absolute atomic E-state index is 0.0248. The largest absolute Gasteiger partial charge is 0.508 e. The van der Waals surface area contributed by atoms with Gasteiger partial charge in [-0.3, -0.25) is 24.6 Å². The summed E-state index contributed by atoms with van der Waals surface area (Å²) in [6.45, 7) is 12.5. The number of nitrogens with one attached hydrogen (secondary N) is 1. The van der Waals surface area contributed by atoms with Crippen molar-refractivity contribution in [2.75, 3.05) is 55.6 Å². The zero-order valence-corrected chi connectivity index (χ0v) is 33.0. The van der Waals surface area contributed by atoms with E-state index in [0.717, 1.165) is 62.6 Å². The number of piperazine rings is 1. The SMILES string of the molecule is CC(C)c1ccccc1[C@@H]1OCc2cc(O)ccc2[C@@H]1c1ccc(N2CCC(CN3CCN(c4ccc5c(c4)CN([C@H]4CCC(=O)NC4=O)C5=O)CC3)CC2)cc1. The van der Waals surface area contributed by atoms with Crippen molar-refractivity contribution in [3.63, 3.8) is 0 Å². The maximum atomic E-state index is 13.2. The van der Waals surface area contributed by atoms with Gasteiger partial charge in [-0.15, -0.1) is 0 Å². The van der Waals surface area contributed by atoms with E-state index < -0.39 is 6.04 Å². The Morgan fingerprint density at radius 1 is 0.772 bits per heavy atom. The van der Waals surface area contributed by atoms with E-state index in [4.69, 9.17) is 4.74 Å². The first-order chi connectivity index (χ1) is 27.7. The van der Waals surface area contributed by atoms with Gasteiger partial charge in [-0.25, -0.2) is 0 Å². The maximum absolute atomic E-state index is 13.2. The zero-order chi connectivity index (χ0) is 39.2. The van der Waals surface area contributed by atoms with Gasteiger partial charge in [0, 0.05) is 81.6 Å². The van der Waals surface area contributed by atoms with Gasteiger partial charge in [-0.1, -0.05) is 56.3 Å². The van der Waals surface area contributed by atoms with Crippen LogP contribution in [0, 0.1) is 5.92 Å². The van der Waals surface area contributed by atoms with Gasteiger partial charge in [-0.2, -0.15) is 0 Å². The lowest BCUT2D eigenvalue weighted by Gasteiger charge is -2.40. The number of amides is 3. The maximum Gasteiger partial charge on any atom is 0.255 e. The van der Waals surface area contributed by atoms with Gasteiger partial charge in [0.1, 0.15) is 11.8 Å². The predicted octanol–water partition coefficient (Wildman–Crippen LogP) is 6.72. The summed E-state index contributed by atoms with van der Waals surface area (Å²) in [5.74, 6) is 0.585. The normalized spacial score (nSPS) is 23.2. The van der Waals surface area contributed by atoms with Crippen LogP contribution in [-0.4, -0.2) is 84.5 Å². The molecule has 0 unspecified atom stereocenters. The zero-order valence-electron chi connectivity index (χ0n) is 33.0. The van der Waals surface area contributed by atoms with Crippen molar-refractivity contribution in [2.45, 2.75) is 76.7 Å². The minimum atomic E-state index is -0.591. The van der Waals surface area contributed by atoms with Gasteiger partial charge in [-0.05, 0) is 107 Å². The van der Waals surface area contributed by atoms with Gasteiger partial charge in [0.25, 0.3) is 5.91 Å². The molecule has 3 atom stereocenters. The lowest BCUT2D eigenvalue weighted by Crippen LogP contribution is -2.52. The molecule has 0 radical (unpaired) electrons. The number of aromatic hydroxyl groups is 1. The highest BCUT2D eigenvalue weighted by atomic mass is 16.5. The Bertz CT molecular complexity index is 2150. The fourth-order valence-corrected chi connectivity index (χ4v) is 9.96. The van der Waals surface area contributed by atoms with Crippen molar-refractivity contribution in [1.29, 1.82) is 0 Å². The number of nitrogens with zero attached hydrogens (tertiary/aromatic N) is 4. The van der Waals surface area contributed by atoms with Gasteiger partial charge >= 0.3 is 0 Å². The molecule has 5 heterocycles. The molecule has 4 aromatic rings. The standard InChI is InChI=1S/C47H53N5O5/c1-30(2)38-5-3-4-6-41(38)45-44(39-14-12-37(53)26-34(39)29-57-45)32-7-9-35(10-8-32)50-19-17-31(18-20-50)27-49-21-23-51(24-22-49)36-11-13-40-33(25-36)28-52(47(40)56)42-15-16-43(54)48-46(42)55/h3-14,25-26,30-31,42,44-45,53H,15-24,27-29H2,1-2H3,(H,48,54,55)/t42-,44-,45-/m0/s1. The van der Waals surface area contributed by atoms with Gasteiger partial charge in [0.05, 0.1) is 12.7 Å². The van der Waals surface area contributed by atoms with E-state index in [1.165, 1.54) is 40.8 Å². The number of benzene rings is 4. The summed E-state index contributed by atoms with van der Waals surface area (Å²) in [5.41, 5.74) is 10.1. The van der Waals surface area contributed by atoms with Gasteiger partial charge in [0.15, 0.2) is 0 Å². The van der Waals surface area contributed by atoms with Crippen LogP contribution < -0.4 is 15.1 Å². The second-order valence-electron chi connectivity index (χ2n) is 16.9. The average Bonchev–Trinajstić information content (AvgIpc) is 3.55. The summed E-state index contributed by atoms with van der Waals surface area (Å²) in [7, 11) is 0. The number of carbonyl (C=O) groups excluding carboxylic acids is 3. The first-order valence-corrected chi connectivity index (χ1v) is 20.8. The third-order valence-corrected chi connectivity index (χ3v) is 13.1. The average molecular weight is 768 g/mol. The molecule has 0 saturated carbocycles. The molecular weight excluding hydrogens is 715 g/mol. The van der Waals surface area contributed by atoms with E-state index in [-0.39, 0.29) is 41.9 Å². The molecule has 10 heteroatoms. The number of carbonyl (C=O) groups is 3. The van der Waals surface area contributed by atoms with E-state index in [2.05, 4.69) is 94.5 Å². The number of phenols is 1. The molecule has 0 aliphatic carbocycles. The first kappa shape index (κ1) is 37.4. The van der Waals surface area contributed by atoms with E-state index >= 15 is 0 Å². The Balaban J connectivity index is 0.795. The highest BCUT2D eigenvalue weighted by molar-refractivity contribution is 6.05. The quantitative estimate of drug-likeness (QED) is 0.191. The molecule has 5 aliphatic rings. The van der Waals surface area contributed by atoms with Gasteiger partial charge in [0.2, 0.25) is 11.8 Å². The van der Waals surface area contributed by atoms with E-state index in [0.29, 0.717) is 37.0 Å². The Morgan fingerprint density at radius 3 is 2.26 bits per heavy atom. The molecule has 3 fully saturated rings. The van der Waals surface area contributed by atoms with Crippen LogP contribution in [-0.2, 0) is 27.5 Å². The van der Waals surface area contributed by atoms with Crippen molar-refractivity contribution < 1.29 is 24.2 Å². The minimum Gasteiger partial charge on any atom is -0.508 e. The van der Waals surface area contributed by atoms with Gasteiger partial charge < -0.3 is 24.5 Å². The smallest absolute Gasteiger partial charge is 0.255 e. The van der Waals surface area contributed by atoms with Crippen LogP contribution in [0.15, 0.2) is 84.9 Å². The predicted molar refractivity (Wildman–Crippen MR) is 221 cm³/mol. The number of anilines is 2. The fourth-order valence-electron chi connectivity index (χ4n) is 9.96. The summed E-state index contributed by atoms with van der Waals surface area (Å²) in [6.07, 6.45) is 2.87. The Labute approximate surface area is 335 Å². The number of hydrogen-bond donors (Lipinski definition) is 2. The van der Waals surface area contributed by atoms with Crippen LogP contribution in [0.3, 0.4) is 0 Å². The van der Waals surface area contributed by atoms with Crippen molar-refractivity contribution in [3.8, 4) is 5.75 Å². The lowest BCUT2D eigenvalue weighted by atomic mass is 9.77. The summed E-state index contributed by atoms with van der Waals surface area (Å²) >= 11 is 0. The molecule has 3 saturated heterocycles. The van der Waals surface area contributed by atoms with Crippen LogP contribution in [0.25, 0.3) is 0 Å². The molecule has 296 valence electrons. The molecule has 10 nitrogen and oxygen atoms in total. The summed E-state index contributed by atoms with van der Waals surface area (Å²) in [5, 5.41) is 12.7. The number of hydrogen-bond acceptors (Lipinski definition) is 8. The summed E-state index contributed by atoms with van der Waals surface area (Å²) < 4.78 is 6.64. The monoisotopic (exact) mass is 767 g/mol. The third-order valence-electron chi connectivity index (χ3n) is 13.1.